The Morgan fingerprint density at radius 3 is 2.76 bits per heavy atom. The summed E-state index contributed by atoms with van der Waals surface area (Å²) in [6.07, 6.45) is 1.59. The van der Waals surface area contributed by atoms with Gasteiger partial charge in [-0.2, -0.15) is 0 Å². The molecule has 1 aliphatic heterocycles. The molecule has 1 aliphatic rings. The molecule has 7 nitrogen and oxygen atoms in total. The smallest absolute Gasteiger partial charge is 0.254 e. The number of aryl methyl sites for hydroxylation is 1. The summed E-state index contributed by atoms with van der Waals surface area (Å²) in [6.45, 7) is 6.68. The maximum Gasteiger partial charge on any atom is 0.254 e. The molecule has 0 radical (unpaired) electrons. The van der Waals surface area contributed by atoms with Crippen molar-refractivity contribution in [2.24, 2.45) is 0 Å². The summed E-state index contributed by atoms with van der Waals surface area (Å²) in [6, 6.07) is 0. The first-order valence-corrected chi connectivity index (χ1v) is 7.17. The van der Waals surface area contributed by atoms with E-state index in [-0.39, 0.29) is 5.91 Å². The molecule has 1 fully saturated rings. The van der Waals surface area contributed by atoms with E-state index in [1.165, 1.54) is 0 Å². The van der Waals surface area contributed by atoms with Crippen molar-refractivity contribution in [1.82, 2.24) is 20.2 Å². The summed E-state index contributed by atoms with van der Waals surface area (Å²) < 4.78 is 5.29. The van der Waals surface area contributed by atoms with Crippen LogP contribution >= 0.6 is 0 Å². The minimum atomic E-state index is -0.119. The second-order valence-electron chi connectivity index (χ2n) is 5.27. The maximum atomic E-state index is 12.1. The number of anilines is 1. The van der Waals surface area contributed by atoms with Crippen LogP contribution in [-0.2, 0) is 4.74 Å². The van der Waals surface area contributed by atoms with Crippen LogP contribution in [0.15, 0.2) is 6.20 Å². The van der Waals surface area contributed by atoms with Crippen LogP contribution in [0.25, 0.3) is 0 Å². The molecule has 0 atom stereocenters. The number of rotatable bonds is 5. The maximum absolute atomic E-state index is 12.1. The molecule has 7 heteroatoms. The van der Waals surface area contributed by atoms with E-state index in [1.54, 1.807) is 6.20 Å². The number of carbonyl (C=O) groups excluding carboxylic acids is 1. The van der Waals surface area contributed by atoms with Crippen molar-refractivity contribution >= 4 is 11.9 Å². The van der Waals surface area contributed by atoms with E-state index < -0.39 is 0 Å². The molecule has 0 aromatic carbocycles. The van der Waals surface area contributed by atoms with E-state index in [9.17, 15) is 4.79 Å². The molecule has 1 saturated heterocycles. The zero-order valence-electron chi connectivity index (χ0n) is 12.9. The van der Waals surface area contributed by atoms with E-state index in [0.29, 0.717) is 23.8 Å². The van der Waals surface area contributed by atoms with Gasteiger partial charge in [-0.15, -0.1) is 0 Å². The van der Waals surface area contributed by atoms with Crippen LogP contribution in [0.5, 0.6) is 0 Å². The molecule has 0 unspecified atom stereocenters. The minimum absolute atomic E-state index is 0.119. The van der Waals surface area contributed by atoms with Gasteiger partial charge in [0.15, 0.2) is 0 Å². The van der Waals surface area contributed by atoms with Crippen molar-refractivity contribution < 1.29 is 9.53 Å². The van der Waals surface area contributed by atoms with Crippen molar-refractivity contribution in [3.8, 4) is 0 Å². The fourth-order valence-corrected chi connectivity index (χ4v) is 2.14. The average molecular weight is 293 g/mol. The van der Waals surface area contributed by atoms with Gasteiger partial charge in [-0.25, -0.2) is 9.97 Å². The number of morpholine rings is 1. The number of aromatic nitrogens is 2. The summed E-state index contributed by atoms with van der Waals surface area (Å²) in [5.74, 6) is 0.489. The van der Waals surface area contributed by atoms with Gasteiger partial charge < -0.3 is 15.0 Å². The highest BCUT2D eigenvalue weighted by atomic mass is 16.5. The predicted molar refractivity (Wildman–Crippen MR) is 80.7 cm³/mol. The lowest BCUT2D eigenvalue weighted by atomic mass is 10.2. The third-order valence-electron chi connectivity index (χ3n) is 3.43. The SMILES string of the molecule is Cc1nc(N(C)C)ncc1C(=O)NCCN1CCOCC1. The van der Waals surface area contributed by atoms with Gasteiger partial charge in [0.05, 0.1) is 24.5 Å². The Hall–Kier alpha value is -1.73. The molecular formula is C14H23N5O2. The van der Waals surface area contributed by atoms with Gasteiger partial charge in [0.25, 0.3) is 5.91 Å². The van der Waals surface area contributed by atoms with Crippen molar-refractivity contribution in [3.63, 3.8) is 0 Å². The molecular weight excluding hydrogens is 270 g/mol. The number of nitrogens with one attached hydrogen (secondary N) is 1. The molecule has 21 heavy (non-hydrogen) atoms. The molecule has 2 heterocycles. The first kappa shape index (κ1) is 15.7. The molecule has 0 bridgehead atoms. The lowest BCUT2D eigenvalue weighted by Crippen LogP contribution is -2.41. The van der Waals surface area contributed by atoms with Gasteiger partial charge in [0, 0.05) is 46.5 Å². The largest absolute Gasteiger partial charge is 0.379 e. The Kier molecular flexibility index (Phi) is 5.46. The zero-order valence-corrected chi connectivity index (χ0v) is 12.9. The standard InChI is InChI=1S/C14H23N5O2/c1-11-12(10-16-14(17-11)18(2)3)13(20)15-4-5-19-6-8-21-9-7-19/h10H,4-9H2,1-3H3,(H,15,20). The van der Waals surface area contributed by atoms with Crippen molar-refractivity contribution in [3.05, 3.63) is 17.5 Å². The number of amides is 1. The van der Waals surface area contributed by atoms with Crippen LogP contribution in [0.4, 0.5) is 5.95 Å². The molecule has 0 aliphatic carbocycles. The van der Waals surface area contributed by atoms with Gasteiger partial charge in [0.1, 0.15) is 0 Å². The number of nitrogens with zero attached hydrogens (tertiary/aromatic N) is 4. The van der Waals surface area contributed by atoms with Crippen LogP contribution in [0, 0.1) is 6.92 Å². The summed E-state index contributed by atoms with van der Waals surface area (Å²) >= 11 is 0. The second-order valence-corrected chi connectivity index (χ2v) is 5.27. The first-order chi connectivity index (χ1) is 10.1. The Morgan fingerprint density at radius 1 is 1.43 bits per heavy atom. The highest BCUT2D eigenvalue weighted by Gasteiger charge is 2.14. The van der Waals surface area contributed by atoms with E-state index >= 15 is 0 Å². The minimum Gasteiger partial charge on any atom is -0.379 e. The van der Waals surface area contributed by atoms with Gasteiger partial charge in [-0.1, -0.05) is 0 Å². The van der Waals surface area contributed by atoms with Crippen molar-refractivity contribution in [2.75, 3.05) is 58.4 Å². The molecule has 1 amide bonds. The molecule has 1 N–H and O–H groups in total. The number of ether oxygens (including phenoxy) is 1. The average Bonchev–Trinajstić information content (AvgIpc) is 2.48. The highest BCUT2D eigenvalue weighted by Crippen LogP contribution is 2.08. The summed E-state index contributed by atoms with van der Waals surface area (Å²) in [5.41, 5.74) is 1.22. The first-order valence-electron chi connectivity index (χ1n) is 7.17. The van der Waals surface area contributed by atoms with Gasteiger partial charge >= 0.3 is 0 Å². The van der Waals surface area contributed by atoms with E-state index in [1.807, 2.05) is 25.9 Å². The van der Waals surface area contributed by atoms with Gasteiger partial charge in [0.2, 0.25) is 5.95 Å². The Labute approximate surface area is 125 Å². The molecule has 1 aromatic rings. The normalized spacial score (nSPS) is 15.8. The summed E-state index contributed by atoms with van der Waals surface area (Å²) in [7, 11) is 3.74. The quantitative estimate of drug-likeness (QED) is 0.818. The molecule has 116 valence electrons. The predicted octanol–water partition coefficient (Wildman–Crippen LogP) is -0.0870. The van der Waals surface area contributed by atoms with E-state index in [2.05, 4.69) is 20.2 Å². The third kappa shape index (κ3) is 4.37. The van der Waals surface area contributed by atoms with E-state index in [4.69, 9.17) is 4.74 Å². The van der Waals surface area contributed by atoms with Crippen LogP contribution in [0.2, 0.25) is 0 Å². The van der Waals surface area contributed by atoms with E-state index in [0.717, 1.165) is 32.8 Å². The van der Waals surface area contributed by atoms with Crippen molar-refractivity contribution in [1.29, 1.82) is 0 Å². The van der Waals surface area contributed by atoms with Gasteiger partial charge in [-0.05, 0) is 6.92 Å². The van der Waals surface area contributed by atoms with Crippen LogP contribution < -0.4 is 10.2 Å². The van der Waals surface area contributed by atoms with Crippen LogP contribution in [0.1, 0.15) is 16.1 Å². The highest BCUT2D eigenvalue weighted by molar-refractivity contribution is 5.94. The Morgan fingerprint density at radius 2 is 2.14 bits per heavy atom. The summed E-state index contributed by atoms with van der Waals surface area (Å²) in [5, 5.41) is 2.92. The number of carbonyl (C=O) groups is 1. The lowest BCUT2D eigenvalue weighted by molar-refractivity contribution is 0.0383. The third-order valence-corrected chi connectivity index (χ3v) is 3.43. The van der Waals surface area contributed by atoms with Crippen LogP contribution in [-0.4, -0.2) is 74.3 Å². The van der Waals surface area contributed by atoms with Crippen molar-refractivity contribution in [2.45, 2.75) is 6.92 Å². The Bertz CT molecular complexity index is 486. The number of hydrogen-bond acceptors (Lipinski definition) is 6. The monoisotopic (exact) mass is 293 g/mol. The van der Waals surface area contributed by atoms with Crippen LogP contribution in [0.3, 0.4) is 0 Å². The fraction of sp³-hybridized carbons (Fsp3) is 0.643. The molecule has 0 spiro atoms. The number of hydrogen-bond donors (Lipinski definition) is 1. The second kappa shape index (κ2) is 7.33. The summed E-state index contributed by atoms with van der Waals surface area (Å²) in [4.78, 5) is 24.7. The molecule has 1 aromatic heterocycles. The molecule has 2 rings (SSSR count). The molecule has 0 saturated carbocycles. The zero-order chi connectivity index (χ0) is 15.2. The lowest BCUT2D eigenvalue weighted by Gasteiger charge is -2.26. The fourth-order valence-electron chi connectivity index (χ4n) is 2.14. The van der Waals surface area contributed by atoms with Gasteiger partial charge in [-0.3, -0.25) is 9.69 Å². The Balaban J connectivity index is 1.85. The topological polar surface area (TPSA) is 70.6 Å².